The van der Waals surface area contributed by atoms with E-state index in [1.165, 1.54) is 60.1 Å². The van der Waals surface area contributed by atoms with E-state index in [0.29, 0.717) is 0 Å². The van der Waals surface area contributed by atoms with Gasteiger partial charge in [0.15, 0.2) is 0 Å². The van der Waals surface area contributed by atoms with E-state index in [9.17, 15) is 0 Å². The number of benzene rings is 7. The molecule has 0 spiro atoms. The number of furan rings is 1. The van der Waals surface area contributed by atoms with Crippen molar-refractivity contribution in [3.8, 4) is 33.4 Å². The average Bonchev–Trinajstić information content (AvgIpc) is 3.43. The Labute approximate surface area is 257 Å². The third-order valence-corrected chi connectivity index (χ3v) is 8.78. The van der Waals surface area contributed by atoms with E-state index < -0.39 is 0 Å². The van der Waals surface area contributed by atoms with E-state index in [0.717, 1.165) is 27.9 Å². The van der Waals surface area contributed by atoms with E-state index in [4.69, 9.17) is 4.42 Å². The molecule has 0 radical (unpaired) electrons. The molecule has 1 nitrogen and oxygen atoms in total. The Balaban J connectivity index is 1.42. The summed E-state index contributed by atoms with van der Waals surface area (Å²) in [7, 11) is 0. The lowest BCUT2D eigenvalue weighted by Crippen LogP contribution is -1.92. The lowest BCUT2D eigenvalue weighted by molar-refractivity contribution is 0.603. The average molecular weight is 563 g/mol. The highest BCUT2D eigenvalue weighted by molar-refractivity contribution is 6.24. The van der Waals surface area contributed by atoms with Crippen molar-refractivity contribution in [2.24, 2.45) is 0 Å². The van der Waals surface area contributed by atoms with Gasteiger partial charge in [0.2, 0.25) is 0 Å². The van der Waals surface area contributed by atoms with Crippen molar-refractivity contribution in [2.45, 2.75) is 6.92 Å². The molecule has 208 valence electrons. The van der Waals surface area contributed by atoms with E-state index in [1.807, 2.05) is 25.2 Å². The van der Waals surface area contributed by atoms with E-state index in [-0.39, 0.29) is 0 Å². The fourth-order valence-corrected chi connectivity index (χ4v) is 6.89. The smallest absolute Gasteiger partial charge is 0.135 e. The maximum Gasteiger partial charge on any atom is 0.135 e. The maximum absolute atomic E-state index is 6.15. The van der Waals surface area contributed by atoms with Crippen LogP contribution in [0.1, 0.15) is 18.2 Å². The molecular weight excluding hydrogens is 532 g/mol. The Morgan fingerprint density at radius 3 is 1.66 bits per heavy atom. The van der Waals surface area contributed by atoms with Gasteiger partial charge in [0.25, 0.3) is 0 Å². The van der Waals surface area contributed by atoms with Gasteiger partial charge in [0, 0.05) is 10.9 Å². The largest absolute Gasteiger partial charge is 0.456 e. The van der Waals surface area contributed by atoms with E-state index in [1.54, 1.807) is 0 Å². The summed E-state index contributed by atoms with van der Waals surface area (Å²) in [6, 6.07) is 48.4. The van der Waals surface area contributed by atoms with Crippen LogP contribution in [-0.2, 0) is 0 Å². The van der Waals surface area contributed by atoms with Crippen molar-refractivity contribution in [3.63, 3.8) is 0 Å². The number of hydrogen-bond acceptors (Lipinski definition) is 1. The zero-order valence-electron chi connectivity index (χ0n) is 24.5. The van der Waals surface area contributed by atoms with Gasteiger partial charge in [0.1, 0.15) is 11.3 Å². The Hall–Kier alpha value is -5.66. The Kier molecular flexibility index (Phi) is 6.24. The normalized spacial score (nSPS) is 11.8. The standard InChI is InChI=1S/C43H30O/c1-3-14-40-30(4-2)39-27-29(23-26-41(39)44-40)31-24-25-38(33-18-9-8-17-32(31)33)43-36-21-12-10-19-34(36)42(28-15-6-5-7-16-28)35-20-11-13-22-37(35)43/h3-27H,2H2,1H3/b14-3-. The minimum Gasteiger partial charge on any atom is -0.456 e. The van der Waals surface area contributed by atoms with Crippen LogP contribution in [0.3, 0.4) is 0 Å². The summed E-state index contributed by atoms with van der Waals surface area (Å²) in [6.45, 7) is 6.08. The van der Waals surface area contributed by atoms with Gasteiger partial charge < -0.3 is 4.42 Å². The maximum atomic E-state index is 6.15. The number of allylic oxidation sites excluding steroid dienone is 1. The highest BCUT2D eigenvalue weighted by atomic mass is 16.3. The van der Waals surface area contributed by atoms with Crippen LogP contribution in [0.15, 0.2) is 151 Å². The molecule has 8 rings (SSSR count). The molecule has 0 atom stereocenters. The lowest BCUT2D eigenvalue weighted by Gasteiger charge is -2.19. The van der Waals surface area contributed by atoms with Gasteiger partial charge in [-0.2, -0.15) is 0 Å². The lowest BCUT2D eigenvalue weighted by atomic mass is 9.84. The summed E-state index contributed by atoms with van der Waals surface area (Å²) in [5.41, 5.74) is 9.28. The Morgan fingerprint density at radius 2 is 1.05 bits per heavy atom. The molecule has 0 N–H and O–H groups in total. The molecule has 0 aliphatic heterocycles. The quantitative estimate of drug-likeness (QED) is 0.190. The molecule has 1 heteroatoms. The molecule has 0 amide bonds. The number of fused-ring (bicyclic) bond motifs is 4. The molecule has 0 bridgehead atoms. The predicted octanol–water partition coefficient (Wildman–Crippen LogP) is 12.6. The second-order valence-corrected chi connectivity index (χ2v) is 11.2. The monoisotopic (exact) mass is 562 g/mol. The molecule has 1 heterocycles. The van der Waals surface area contributed by atoms with E-state index >= 15 is 0 Å². The summed E-state index contributed by atoms with van der Waals surface area (Å²) in [5, 5.41) is 8.58. The third kappa shape index (κ3) is 4.01. The Morgan fingerprint density at radius 1 is 0.500 bits per heavy atom. The van der Waals surface area contributed by atoms with Crippen molar-refractivity contribution < 1.29 is 4.42 Å². The summed E-state index contributed by atoms with van der Waals surface area (Å²) >= 11 is 0. The second kappa shape index (κ2) is 10.6. The van der Waals surface area contributed by atoms with Crippen LogP contribution >= 0.6 is 0 Å². The summed E-state index contributed by atoms with van der Waals surface area (Å²) < 4.78 is 6.15. The van der Waals surface area contributed by atoms with Crippen molar-refractivity contribution in [2.75, 3.05) is 0 Å². The van der Waals surface area contributed by atoms with Crippen LogP contribution in [0.4, 0.5) is 0 Å². The topological polar surface area (TPSA) is 13.1 Å². The van der Waals surface area contributed by atoms with Crippen LogP contribution < -0.4 is 0 Å². The van der Waals surface area contributed by atoms with Crippen molar-refractivity contribution in [1.29, 1.82) is 0 Å². The minimum absolute atomic E-state index is 0.840. The van der Waals surface area contributed by atoms with Gasteiger partial charge in [-0.25, -0.2) is 0 Å². The molecule has 1 aromatic heterocycles. The van der Waals surface area contributed by atoms with Crippen molar-refractivity contribution in [1.82, 2.24) is 0 Å². The second-order valence-electron chi connectivity index (χ2n) is 11.2. The first-order valence-corrected chi connectivity index (χ1v) is 15.1. The zero-order chi connectivity index (χ0) is 29.6. The van der Waals surface area contributed by atoms with E-state index in [2.05, 4.69) is 140 Å². The molecule has 0 saturated carbocycles. The van der Waals surface area contributed by atoms with Crippen molar-refractivity contribution >= 4 is 55.4 Å². The number of rotatable bonds is 5. The number of hydrogen-bond donors (Lipinski definition) is 0. The van der Waals surface area contributed by atoms with Gasteiger partial charge in [-0.05, 0) is 90.8 Å². The molecule has 8 aromatic rings. The fraction of sp³-hybridized carbons (Fsp3) is 0.0233. The van der Waals surface area contributed by atoms with Crippen LogP contribution in [0.25, 0.3) is 88.8 Å². The molecule has 0 unspecified atom stereocenters. The zero-order valence-corrected chi connectivity index (χ0v) is 24.5. The highest BCUT2D eigenvalue weighted by Gasteiger charge is 2.19. The fourth-order valence-electron chi connectivity index (χ4n) is 6.89. The molecule has 0 fully saturated rings. The Bertz CT molecular complexity index is 2350. The highest BCUT2D eigenvalue weighted by Crippen LogP contribution is 2.46. The van der Waals surface area contributed by atoms with Crippen molar-refractivity contribution in [3.05, 3.63) is 157 Å². The summed E-state index contributed by atoms with van der Waals surface area (Å²) in [6.07, 6.45) is 5.89. The molecule has 0 aliphatic rings. The van der Waals surface area contributed by atoms with Gasteiger partial charge in [-0.3, -0.25) is 0 Å². The SMILES string of the molecule is C=Cc1c(/C=C\C)oc2ccc(-c3ccc(-c4c5ccccc5c(-c5ccccc5)c5ccccc45)c4ccccc34)cc12. The summed E-state index contributed by atoms with van der Waals surface area (Å²) in [5.74, 6) is 0.840. The molecule has 0 saturated heterocycles. The van der Waals surface area contributed by atoms with Gasteiger partial charge in [-0.15, -0.1) is 0 Å². The van der Waals surface area contributed by atoms with Crippen LogP contribution in [0.5, 0.6) is 0 Å². The predicted molar refractivity (Wildman–Crippen MR) is 190 cm³/mol. The molecule has 44 heavy (non-hydrogen) atoms. The van der Waals surface area contributed by atoms with Crippen LogP contribution in [0, 0.1) is 0 Å². The molecule has 0 aliphatic carbocycles. The first-order chi connectivity index (χ1) is 21.8. The van der Waals surface area contributed by atoms with Crippen LogP contribution in [-0.4, -0.2) is 0 Å². The molecule has 7 aromatic carbocycles. The third-order valence-electron chi connectivity index (χ3n) is 8.78. The first-order valence-electron chi connectivity index (χ1n) is 15.1. The minimum atomic E-state index is 0.840. The first kappa shape index (κ1) is 26.0. The summed E-state index contributed by atoms with van der Waals surface area (Å²) in [4.78, 5) is 0. The molecular formula is C43H30O. The van der Waals surface area contributed by atoms with Gasteiger partial charge >= 0.3 is 0 Å². The van der Waals surface area contributed by atoms with Crippen LogP contribution in [0.2, 0.25) is 0 Å². The van der Waals surface area contributed by atoms with Gasteiger partial charge in [0.05, 0.1) is 0 Å². The van der Waals surface area contributed by atoms with Gasteiger partial charge in [-0.1, -0.05) is 140 Å².